The molecule has 16 heavy (non-hydrogen) atoms. The second-order valence-corrected chi connectivity index (χ2v) is 5.30. The van der Waals surface area contributed by atoms with Gasteiger partial charge in [0, 0.05) is 17.3 Å². The van der Waals surface area contributed by atoms with E-state index < -0.39 is 6.10 Å². The predicted molar refractivity (Wildman–Crippen MR) is 66.8 cm³/mol. The van der Waals surface area contributed by atoms with E-state index in [2.05, 4.69) is 4.98 Å². The van der Waals surface area contributed by atoms with Gasteiger partial charge in [-0.1, -0.05) is 17.7 Å². The standard InChI is InChI=1S/C12H12ClNOS/c13-12-6-5-11(16-12)10(15)4-3-9-2-1-7-14-8-9/h1-2,5-8,10,15H,3-4H2. The molecule has 1 N–H and O–H groups in total. The van der Waals surface area contributed by atoms with Gasteiger partial charge in [0.2, 0.25) is 0 Å². The van der Waals surface area contributed by atoms with Crippen LogP contribution in [0.25, 0.3) is 0 Å². The molecular formula is C12H12ClNOS. The van der Waals surface area contributed by atoms with Crippen LogP contribution in [0.15, 0.2) is 36.7 Å². The van der Waals surface area contributed by atoms with Crippen molar-refractivity contribution in [1.29, 1.82) is 0 Å². The largest absolute Gasteiger partial charge is 0.388 e. The first kappa shape index (κ1) is 11.6. The van der Waals surface area contributed by atoms with Crippen LogP contribution in [0.1, 0.15) is 23.0 Å². The van der Waals surface area contributed by atoms with Crippen molar-refractivity contribution in [2.45, 2.75) is 18.9 Å². The second-order valence-electron chi connectivity index (χ2n) is 3.56. The Morgan fingerprint density at radius 2 is 2.25 bits per heavy atom. The molecule has 1 unspecified atom stereocenters. The van der Waals surface area contributed by atoms with E-state index in [1.54, 1.807) is 6.20 Å². The molecule has 0 bridgehead atoms. The van der Waals surface area contributed by atoms with Crippen LogP contribution >= 0.6 is 22.9 Å². The highest BCUT2D eigenvalue weighted by Crippen LogP contribution is 2.29. The van der Waals surface area contributed by atoms with Crippen LogP contribution in [0.3, 0.4) is 0 Å². The van der Waals surface area contributed by atoms with E-state index in [0.717, 1.165) is 21.2 Å². The zero-order chi connectivity index (χ0) is 11.4. The fourth-order valence-electron chi connectivity index (χ4n) is 1.50. The van der Waals surface area contributed by atoms with Gasteiger partial charge in [-0.15, -0.1) is 11.3 Å². The van der Waals surface area contributed by atoms with Gasteiger partial charge in [0.15, 0.2) is 0 Å². The van der Waals surface area contributed by atoms with E-state index >= 15 is 0 Å². The Hall–Kier alpha value is -0.900. The van der Waals surface area contributed by atoms with Crippen molar-refractivity contribution in [3.05, 3.63) is 51.4 Å². The lowest BCUT2D eigenvalue weighted by Crippen LogP contribution is -1.97. The summed E-state index contributed by atoms with van der Waals surface area (Å²) in [5.41, 5.74) is 1.14. The smallest absolute Gasteiger partial charge is 0.0932 e. The summed E-state index contributed by atoms with van der Waals surface area (Å²) in [6.07, 6.45) is 4.66. The molecule has 0 fully saturated rings. The normalized spacial score (nSPS) is 12.6. The molecule has 2 rings (SSSR count). The molecule has 84 valence electrons. The highest BCUT2D eigenvalue weighted by atomic mass is 35.5. The quantitative estimate of drug-likeness (QED) is 0.905. The number of pyridine rings is 1. The lowest BCUT2D eigenvalue weighted by Gasteiger charge is -2.07. The molecule has 0 saturated carbocycles. The van der Waals surface area contributed by atoms with Gasteiger partial charge >= 0.3 is 0 Å². The summed E-state index contributed by atoms with van der Waals surface area (Å²) in [5, 5.41) is 9.93. The summed E-state index contributed by atoms with van der Waals surface area (Å²) in [4.78, 5) is 4.96. The highest BCUT2D eigenvalue weighted by molar-refractivity contribution is 7.16. The number of rotatable bonds is 4. The van der Waals surface area contributed by atoms with Crippen molar-refractivity contribution in [2.24, 2.45) is 0 Å². The lowest BCUT2D eigenvalue weighted by molar-refractivity contribution is 0.171. The molecule has 0 aliphatic heterocycles. The third kappa shape index (κ3) is 3.04. The SMILES string of the molecule is OC(CCc1cccnc1)c1ccc(Cl)s1. The molecule has 2 nitrogen and oxygen atoms in total. The number of aliphatic hydroxyl groups is 1. The topological polar surface area (TPSA) is 33.1 Å². The van der Waals surface area contributed by atoms with E-state index in [9.17, 15) is 5.11 Å². The Balaban J connectivity index is 1.91. The van der Waals surface area contributed by atoms with Crippen LogP contribution in [-0.4, -0.2) is 10.1 Å². The molecule has 0 radical (unpaired) electrons. The van der Waals surface area contributed by atoms with Crippen LogP contribution in [0.4, 0.5) is 0 Å². The summed E-state index contributed by atoms with van der Waals surface area (Å²) in [5.74, 6) is 0. The molecule has 0 saturated heterocycles. The molecule has 0 aliphatic carbocycles. The van der Waals surface area contributed by atoms with Crippen molar-refractivity contribution in [1.82, 2.24) is 4.98 Å². The van der Waals surface area contributed by atoms with Crippen LogP contribution in [0, 0.1) is 0 Å². The third-order valence-corrected chi connectivity index (χ3v) is 3.68. The lowest BCUT2D eigenvalue weighted by atomic mass is 10.1. The average Bonchev–Trinajstić information content (AvgIpc) is 2.74. The molecule has 2 aromatic heterocycles. The van der Waals surface area contributed by atoms with Gasteiger partial charge in [0.05, 0.1) is 10.4 Å². The number of halogens is 1. The Morgan fingerprint density at radius 3 is 2.88 bits per heavy atom. The monoisotopic (exact) mass is 253 g/mol. The average molecular weight is 254 g/mol. The van der Waals surface area contributed by atoms with E-state index in [4.69, 9.17) is 11.6 Å². The number of nitrogens with zero attached hydrogens (tertiary/aromatic N) is 1. The molecule has 4 heteroatoms. The van der Waals surface area contributed by atoms with Crippen LogP contribution in [-0.2, 0) is 6.42 Å². The second kappa shape index (κ2) is 5.43. The number of aromatic nitrogens is 1. The maximum absolute atomic E-state index is 9.93. The molecule has 2 heterocycles. The molecule has 1 atom stereocenters. The Labute approximate surface area is 104 Å². The third-order valence-electron chi connectivity index (χ3n) is 2.35. The predicted octanol–water partition coefficient (Wildman–Crippen LogP) is 3.46. The fourth-order valence-corrected chi connectivity index (χ4v) is 2.58. The highest BCUT2D eigenvalue weighted by Gasteiger charge is 2.10. The molecule has 0 spiro atoms. The maximum Gasteiger partial charge on any atom is 0.0932 e. The summed E-state index contributed by atoms with van der Waals surface area (Å²) < 4.78 is 0.718. The van der Waals surface area contributed by atoms with E-state index in [1.807, 2.05) is 30.5 Å². The molecule has 2 aromatic rings. The van der Waals surface area contributed by atoms with E-state index in [0.29, 0.717) is 6.42 Å². The zero-order valence-electron chi connectivity index (χ0n) is 8.64. The van der Waals surface area contributed by atoms with Gasteiger partial charge < -0.3 is 5.11 Å². The molecular weight excluding hydrogens is 242 g/mol. The van der Waals surface area contributed by atoms with Crippen molar-refractivity contribution < 1.29 is 5.11 Å². The fraction of sp³-hybridized carbons (Fsp3) is 0.250. The maximum atomic E-state index is 9.93. The molecule has 0 aliphatic rings. The van der Waals surface area contributed by atoms with Crippen molar-refractivity contribution >= 4 is 22.9 Å². The number of hydrogen-bond donors (Lipinski definition) is 1. The van der Waals surface area contributed by atoms with Crippen molar-refractivity contribution in [2.75, 3.05) is 0 Å². The van der Waals surface area contributed by atoms with E-state index in [1.165, 1.54) is 11.3 Å². The van der Waals surface area contributed by atoms with E-state index in [-0.39, 0.29) is 0 Å². The summed E-state index contributed by atoms with van der Waals surface area (Å²) in [7, 11) is 0. The minimum Gasteiger partial charge on any atom is -0.388 e. The first-order chi connectivity index (χ1) is 7.75. The summed E-state index contributed by atoms with van der Waals surface area (Å²) in [6, 6.07) is 7.61. The van der Waals surface area contributed by atoms with Gasteiger partial charge in [-0.05, 0) is 36.6 Å². The summed E-state index contributed by atoms with van der Waals surface area (Å²) in [6.45, 7) is 0. The number of aliphatic hydroxyl groups excluding tert-OH is 1. The summed E-state index contributed by atoms with van der Waals surface area (Å²) >= 11 is 7.25. The minimum absolute atomic E-state index is 0.433. The zero-order valence-corrected chi connectivity index (χ0v) is 10.2. The van der Waals surface area contributed by atoms with Crippen LogP contribution in [0.2, 0.25) is 4.34 Å². The number of thiophene rings is 1. The Morgan fingerprint density at radius 1 is 1.38 bits per heavy atom. The van der Waals surface area contributed by atoms with Gasteiger partial charge in [-0.25, -0.2) is 0 Å². The van der Waals surface area contributed by atoms with Gasteiger partial charge in [0.25, 0.3) is 0 Å². The van der Waals surface area contributed by atoms with Crippen molar-refractivity contribution in [3.8, 4) is 0 Å². The Bertz CT molecular complexity index is 443. The molecule has 0 aromatic carbocycles. The van der Waals surface area contributed by atoms with Gasteiger partial charge in [-0.2, -0.15) is 0 Å². The Kier molecular flexibility index (Phi) is 3.93. The first-order valence-corrected chi connectivity index (χ1v) is 6.27. The van der Waals surface area contributed by atoms with Crippen LogP contribution < -0.4 is 0 Å². The van der Waals surface area contributed by atoms with Gasteiger partial charge in [0.1, 0.15) is 0 Å². The molecule has 0 amide bonds. The number of aryl methyl sites for hydroxylation is 1. The van der Waals surface area contributed by atoms with Gasteiger partial charge in [-0.3, -0.25) is 4.98 Å². The minimum atomic E-state index is -0.433. The number of hydrogen-bond acceptors (Lipinski definition) is 3. The van der Waals surface area contributed by atoms with Crippen LogP contribution in [0.5, 0.6) is 0 Å². The van der Waals surface area contributed by atoms with Crippen molar-refractivity contribution in [3.63, 3.8) is 0 Å². The first-order valence-electron chi connectivity index (χ1n) is 5.08.